The lowest BCUT2D eigenvalue weighted by Gasteiger charge is -2.21. The van der Waals surface area contributed by atoms with E-state index in [4.69, 9.17) is 0 Å². The summed E-state index contributed by atoms with van der Waals surface area (Å²) in [5.41, 5.74) is 0. The molecule has 1 N–H and O–H groups in total. The van der Waals surface area contributed by atoms with Crippen LogP contribution in [0.2, 0.25) is 0 Å². The molecule has 96 valence electrons. The van der Waals surface area contributed by atoms with Crippen LogP contribution in [0.25, 0.3) is 0 Å². The van der Waals surface area contributed by atoms with Gasteiger partial charge in [0, 0.05) is 13.5 Å². The van der Waals surface area contributed by atoms with Crippen LogP contribution in [0.5, 0.6) is 0 Å². The van der Waals surface area contributed by atoms with E-state index in [1.807, 2.05) is 0 Å². The van der Waals surface area contributed by atoms with Crippen LogP contribution >= 0.6 is 0 Å². The van der Waals surface area contributed by atoms with Crippen molar-refractivity contribution in [3.63, 3.8) is 0 Å². The average Bonchev–Trinajstić information content (AvgIpc) is 2.60. The molecule has 7 heteroatoms. The van der Waals surface area contributed by atoms with Crippen molar-refractivity contribution in [2.45, 2.75) is 25.4 Å². The molecule has 1 unspecified atom stereocenters. The maximum Gasteiger partial charge on any atom is 0.451 e. The molecule has 1 aliphatic heterocycles. The molecule has 2 heterocycles. The van der Waals surface area contributed by atoms with Gasteiger partial charge in [-0.15, -0.1) is 0 Å². The minimum Gasteiger partial charge on any atom is -0.316 e. The maximum atomic E-state index is 12.5. The molecule has 0 bridgehead atoms. The average molecular weight is 248 g/mol. The third-order valence-electron chi connectivity index (χ3n) is 2.93. The van der Waals surface area contributed by atoms with Gasteiger partial charge in [0.25, 0.3) is 0 Å². The Morgan fingerprint density at radius 2 is 2.24 bits per heavy atom. The number of aryl methyl sites for hydroxylation is 1. The van der Waals surface area contributed by atoms with E-state index in [0.29, 0.717) is 12.3 Å². The molecule has 0 aliphatic carbocycles. The Morgan fingerprint density at radius 1 is 1.47 bits per heavy atom. The van der Waals surface area contributed by atoms with Gasteiger partial charge in [0.05, 0.1) is 0 Å². The minimum atomic E-state index is -4.43. The molecule has 0 radical (unpaired) electrons. The van der Waals surface area contributed by atoms with Crippen LogP contribution in [0.4, 0.5) is 13.2 Å². The lowest BCUT2D eigenvalue weighted by atomic mass is 9.96. The van der Waals surface area contributed by atoms with Gasteiger partial charge in [-0.2, -0.15) is 18.3 Å². The van der Waals surface area contributed by atoms with Crippen molar-refractivity contribution in [1.82, 2.24) is 20.1 Å². The highest BCUT2D eigenvalue weighted by atomic mass is 19.4. The Bertz CT molecular complexity index is 379. The van der Waals surface area contributed by atoms with Crippen molar-refractivity contribution in [2.24, 2.45) is 13.0 Å². The fourth-order valence-electron chi connectivity index (χ4n) is 2.13. The van der Waals surface area contributed by atoms with E-state index in [9.17, 15) is 13.2 Å². The molecular weight excluding hydrogens is 233 g/mol. The zero-order valence-electron chi connectivity index (χ0n) is 9.59. The highest BCUT2D eigenvalue weighted by Gasteiger charge is 2.37. The molecule has 17 heavy (non-hydrogen) atoms. The van der Waals surface area contributed by atoms with Crippen LogP contribution in [-0.4, -0.2) is 27.9 Å². The van der Waals surface area contributed by atoms with Crippen molar-refractivity contribution >= 4 is 0 Å². The number of rotatable bonds is 2. The second-order valence-corrected chi connectivity index (χ2v) is 4.39. The van der Waals surface area contributed by atoms with Crippen LogP contribution in [0.15, 0.2) is 0 Å². The van der Waals surface area contributed by atoms with Gasteiger partial charge in [0.1, 0.15) is 0 Å². The summed E-state index contributed by atoms with van der Waals surface area (Å²) in [5, 5.41) is 7.05. The van der Waals surface area contributed by atoms with Gasteiger partial charge in [0.15, 0.2) is 5.82 Å². The van der Waals surface area contributed by atoms with E-state index in [2.05, 4.69) is 15.4 Å². The Kier molecular flexibility index (Phi) is 3.37. The summed E-state index contributed by atoms with van der Waals surface area (Å²) < 4.78 is 38.3. The quantitative estimate of drug-likeness (QED) is 0.859. The molecule has 1 fully saturated rings. The monoisotopic (exact) mass is 248 g/mol. The molecule has 1 saturated heterocycles. The third-order valence-corrected chi connectivity index (χ3v) is 2.93. The molecule has 1 aromatic heterocycles. The fourth-order valence-corrected chi connectivity index (χ4v) is 2.13. The van der Waals surface area contributed by atoms with E-state index in [0.717, 1.165) is 30.6 Å². The van der Waals surface area contributed by atoms with Gasteiger partial charge in [0.2, 0.25) is 5.82 Å². The lowest BCUT2D eigenvalue weighted by Crippen LogP contribution is -2.31. The largest absolute Gasteiger partial charge is 0.451 e. The first kappa shape index (κ1) is 12.3. The van der Waals surface area contributed by atoms with Crippen molar-refractivity contribution in [3.8, 4) is 0 Å². The van der Waals surface area contributed by atoms with E-state index in [1.165, 1.54) is 7.05 Å². The summed E-state index contributed by atoms with van der Waals surface area (Å²) in [7, 11) is 1.28. The van der Waals surface area contributed by atoms with Crippen LogP contribution in [0.1, 0.15) is 24.5 Å². The molecule has 1 aliphatic rings. The van der Waals surface area contributed by atoms with Crippen molar-refractivity contribution < 1.29 is 13.2 Å². The van der Waals surface area contributed by atoms with Gasteiger partial charge < -0.3 is 5.32 Å². The third kappa shape index (κ3) is 2.96. The zero-order valence-corrected chi connectivity index (χ0v) is 9.59. The van der Waals surface area contributed by atoms with E-state index < -0.39 is 12.0 Å². The second kappa shape index (κ2) is 4.64. The van der Waals surface area contributed by atoms with Crippen LogP contribution in [0.3, 0.4) is 0 Å². The van der Waals surface area contributed by atoms with Gasteiger partial charge >= 0.3 is 6.18 Å². The predicted molar refractivity (Wildman–Crippen MR) is 55.3 cm³/mol. The number of piperidine rings is 1. The second-order valence-electron chi connectivity index (χ2n) is 4.39. The van der Waals surface area contributed by atoms with Crippen molar-refractivity contribution in [1.29, 1.82) is 0 Å². The molecule has 0 aromatic carbocycles. The molecule has 1 aromatic rings. The summed E-state index contributed by atoms with van der Waals surface area (Å²) in [4.78, 5) is 3.57. The fraction of sp³-hybridized carbons (Fsp3) is 0.800. The van der Waals surface area contributed by atoms with Gasteiger partial charge in [-0.05, 0) is 31.8 Å². The Labute approximate surface area is 97.2 Å². The number of nitrogens with one attached hydrogen (secondary N) is 1. The van der Waals surface area contributed by atoms with Crippen molar-refractivity contribution in [3.05, 3.63) is 11.6 Å². The summed E-state index contributed by atoms with van der Waals surface area (Å²) in [6, 6.07) is 0. The highest BCUT2D eigenvalue weighted by Crippen LogP contribution is 2.27. The summed E-state index contributed by atoms with van der Waals surface area (Å²) in [5.74, 6) is -0.294. The smallest absolute Gasteiger partial charge is 0.316 e. The number of hydrogen-bond donors (Lipinski definition) is 1. The van der Waals surface area contributed by atoms with Crippen LogP contribution in [-0.2, 0) is 19.6 Å². The molecular formula is C10H15F3N4. The molecule has 2 rings (SSSR count). The number of alkyl halides is 3. The molecule has 0 saturated carbocycles. The lowest BCUT2D eigenvalue weighted by molar-refractivity contribution is -0.147. The first-order valence-corrected chi connectivity index (χ1v) is 5.64. The SMILES string of the molecule is Cn1nc(CC2CCCNC2)nc1C(F)(F)F. The maximum absolute atomic E-state index is 12.5. The Balaban J connectivity index is 2.06. The van der Waals surface area contributed by atoms with E-state index in [-0.39, 0.29) is 5.82 Å². The summed E-state index contributed by atoms with van der Waals surface area (Å²) >= 11 is 0. The number of hydrogen-bond acceptors (Lipinski definition) is 3. The van der Waals surface area contributed by atoms with Crippen LogP contribution in [0, 0.1) is 5.92 Å². The Morgan fingerprint density at radius 3 is 2.76 bits per heavy atom. The number of halogens is 3. The molecule has 4 nitrogen and oxygen atoms in total. The molecule has 1 atom stereocenters. The van der Waals surface area contributed by atoms with Gasteiger partial charge in [-0.25, -0.2) is 9.67 Å². The van der Waals surface area contributed by atoms with Gasteiger partial charge in [-0.3, -0.25) is 0 Å². The highest BCUT2D eigenvalue weighted by molar-refractivity contribution is 4.98. The topological polar surface area (TPSA) is 42.7 Å². The van der Waals surface area contributed by atoms with E-state index in [1.54, 1.807) is 0 Å². The molecule has 0 spiro atoms. The van der Waals surface area contributed by atoms with Gasteiger partial charge in [-0.1, -0.05) is 0 Å². The number of aromatic nitrogens is 3. The standard InChI is InChI=1S/C10H15F3N4/c1-17-9(10(11,12)13)15-8(16-17)5-7-3-2-4-14-6-7/h7,14H,2-6H2,1H3. The van der Waals surface area contributed by atoms with Crippen molar-refractivity contribution in [2.75, 3.05) is 13.1 Å². The predicted octanol–water partition coefficient (Wildman–Crippen LogP) is 1.38. The first-order valence-electron chi connectivity index (χ1n) is 5.64. The zero-order chi connectivity index (χ0) is 12.5. The Hall–Kier alpha value is -1.11. The first-order chi connectivity index (χ1) is 7.97. The summed E-state index contributed by atoms with van der Waals surface area (Å²) in [6.45, 7) is 1.82. The van der Waals surface area contributed by atoms with Crippen LogP contribution < -0.4 is 5.32 Å². The van der Waals surface area contributed by atoms with E-state index >= 15 is 0 Å². The molecule has 0 amide bonds. The normalized spacial score (nSPS) is 21.8. The summed E-state index contributed by atoms with van der Waals surface area (Å²) in [6.07, 6.45) is -1.84. The number of nitrogens with zero attached hydrogens (tertiary/aromatic N) is 3. The minimum absolute atomic E-state index is 0.286.